The Kier molecular flexibility index (Phi) is 8.06. The lowest BCUT2D eigenvalue weighted by molar-refractivity contribution is 0.724. The van der Waals surface area contributed by atoms with E-state index < -0.39 is 0 Å². The molecule has 0 spiro atoms. The Morgan fingerprint density at radius 2 is 1.79 bits per heavy atom. The maximum Gasteiger partial charge on any atom is 0.261 e. The number of hydrogen-bond acceptors (Lipinski definition) is 4. The maximum atomic E-state index is 13.3. The quantitative estimate of drug-likeness (QED) is 0.171. The fraction of sp³-hybridized carbons (Fsp3) is 0.125. The van der Waals surface area contributed by atoms with Gasteiger partial charge in [-0.15, -0.1) is 16.8 Å². The van der Waals surface area contributed by atoms with Gasteiger partial charge in [-0.3, -0.25) is 9.36 Å². The van der Waals surface area contributed by atoms with Crippen molar-refractivity contribution in [3.8, 4) is 11.4 Å². The zero-order valence-corrected chi connectivity index (χ0v) is 21.6. The van der Waals surface area contributed by atoms with Gasteiger partial charge in [-0.05, 0) is 47.5 Å². The average molecular weight is 552 g/mol. The van der Waals surface area contributed by atoms with Crippen LogP contribution in [-0.4, -0.2) is 19.3 Å². The molecule has 2 aromatic heterocycles. The number of allylic oxidation sites excluding steroid dienone is 1. The van der Waals surface area contributed by atoms with E-state index in [0.29, 0.717) is 55.5 Å². The van der Waals surface area contributed by atoms with Crippen LogP contribution in [0.3, 0.4) is 0 Å². The van der Waals surface area contributed by atoms with Crippen molar-refractivity contribution in [3.05, 3.63) is 109 Å². The molecule has 0 radical (unpaired) electrons. The Labute approximate surface area is 220 Å². The number of benzene rings is 2. The van der Waals surface area contributed by atoms with E-state index in [9.17, 15) is 4.79 Å². The Hall–Kier alpha value is -2.22. The molecule has 10 heteroatoms. The second-order valence-corrected chi connectivity index (χ2v) is 9.93. The van der Waals surface area contributed by atoms with Crippen LogP contribution in [0.5, 0.6) is 0 Å². The molecule has 0 N–H and O–H groups in total. The van der Waals surface area contributed by atoms with Gasteiger partial charge in [0.15, 0.2) is 11.0 Å². The molecule has 5 nitrogen and oxygen atoms in total. The van der Waals surface area contributed by atoms with Crippen LogP contribution in [0.1, 0.15) is 11.1 Å². The molecule has 0 saturated heterocycles. The standard InChI is InChI=1S/C24H18Cl4N4OS/c1-2-9-32-22(29-30-24(32)34-14-15-5-8-19(26)21(28)11-15)18-4-3-10-31(23(18)33)13-16-6-7-17(25)12-20(16)27/h2-8,10-12H,1,9,13-14H2. The third kappa shape index (κ3) is 5.53. The van der Waals surface area contributed by atoms with Crippen molar-refractivity contribution in [2.45, 2.75) is 24.0 Å². The summed E-state index contributed by atoms with van der Waals surface area (Å²) in [5.41, 5.74) is 2.02. The first-order chi connectivity index (χ1) is 16.4. The van der Waals surface area contributed by atoms with Crippen LogP contribution >= 0.6 is 58.2 Å². The van der Waals surface area contributed by atoms with Crippen LogP contribution in [0.25, 0.3) is 11.4 Å². The summed E-state index contributed by atoms with van der Waals surface area (Å²) in [5, 5.41) is 11.4. The van der Waals surface area contributed by atoms with Gasteiger partial charge in [-0.1, -0.05) is 76.4 Å². The molecular formula is C24H18Cl4N4OS. The van der Waals surface area contributed by atoms with Crippen LogP contribution in [0.2, 0.25) is 20.1 Å². The molecule has 2 heterocycles. The Morgan fingerprint density at radius 3 is 2.53 bits per heavy atom. The molecule has 34 heavy (non-hydrogen) atoms. The highest BCUT2D eigenvalue weighted by atomic mass is 35.5. The van der Waals surface area contributed by atoms with Gasteiger partial charge in [0.05, 0.1) is 22.2 Å². The molecule has 0 unspecified atom stereocenters. The second-order valence-electron chi connectivity index (χ2n) is 7.33. The topological polar surface area (TPSA) is 52.7 Å². The molecule has 0 saturated carbocycles. The van der Waals surface area contributed by atoms with E-state index in [0.717, 1.165) is 11.1 Å². The predicted octanol–water partition coefficient (Wildman–Crippen LogP) is 7.25. The lowest BCUT2D eigenvalue weighted by Gasteiger charge is -2.11. The van der Waals surface area contributed by atoms with E-state index in [1.165, 1.54) is 11.8 Å². The van der Waals surface area contributed by atoms with Gasteiger partial charge in [0.1, 0.15) is 0 Å². The van der Waals surface area contributed by atoms with Crippen LogP contribution in [0.4, 0.5) is 0 Å². The van der Waals surface area contributed by atoms with E-state index in [-0.39, 0.29) is 5.56 Å². The van der Waals surface area contributed by atoms with E-state index in [1.807, 2.05) is 22.8 Å². The minimum absolute atomic E-state index is 0.202. The van der Waals surface area contributed by atoms with Crippen molar-refractivity contribution in [1.29, 1.82) is 0 Å². The highest BCUT2D eigenvalue weighted by Gasteiger charge is 2.18. The normalized spacial score (nSPS) is 11.1. The fourth-order valence-corrected chi connectivity index (χ4v) is 5.01. The number of pyridine rings is 1. The largest absolute Gasteiger partial charge is 0.310 e. The van der Waals surface area contributed by atoms with Gasteiger partial charge in [0, 0.05) is 28.5 Å². The zero-order valence-electron chi connectivity index (χ0n) is 17.7. The van der Waals surface area contributed by atoms with Crippen molar-refractivity contribution in [3.63, 3.8) is 0 Å². The minimum atomic E-state index is -0.202. The predicted molar refractivity (Wildman–Crippen MR) is 142 cm³/mol. The number of aromatic nitrogens is 4. The number of hydrogen-bond donors (Lipinski definition) is 0. The first-order valence-corrected chi connectivity index (χ1v) is 12.6. The second kappa shape index (κ2) is 11.0. The summed E-state index contributed by atoms with van der Waals surface area (Å²) in [6, 6.07) is 14.2. The van der Waals surface area contributed by atoms with Crippen LogP contribution in [0.15, 0.2) is 77.3 Å². The monoisotopic (exact) mass is 550 g/mol. The molecule has 2 aromatic carbocycles. The van der Waals surface area contributed by atoms with Crippen molar-refractivity contribution in [1.82, 2.24) is 19.3 Å². The average Bonchev–Trinajstić information content (AvgIpc) is 3.20. The van der Waals surface area contributed by atoms with Gasteiger partial charge in [0.2, 0.25) is 0 Å². The third-order valence-corrected chi connectivity index (χ3v) is 7.36. The molecule has 0 amide bonds. The molecule has 0 aliphatic rings. The van der Waals surface area contributed by atoms with Crippen LogP contribution in [-0.2, 0) is 18.8 Å². The first kappa shape index (κ1) is 24.9. The zero-order chi connectivity index (χ0) is 24.2. The van der Waals surface area contributed by atoms with Crippen molar-refractivity contribution in [2.24, 2.45) is 0 Å². The molecule has 4 aromatic rings. The van der Waals surface area contributed by atoms with E-state index in [1.54, 1.807) is 47.2 Å². The summed E-state index contributed by atoms with van der Waals surface area (Å²) < 4.78 is 3.45. The Balaban J connectivity index is 1.64. The van der Waals surface area contributed by atoms with Crippen molar-refractivity contribution < 1.29 is 0 Å². The summed E-state index contributed by atoms with van der Waals surface area (Å²) in [4.78, 5) is 13.3. The molecule has 0 bridgehead atoms. The number of thioether (sulfide) groups is 1. The van der Waals surface area contributed by atoms with E-state index in [2.05, 4.69) is 16.8 Å². The van der Waals surface area contributed by atoms with Gasteiger partial charge in [0.25, 0.3) is 5.56 Å². The molecule has 4 rings (SSSR count). The molecule has 0 fully saturated rings. The SMILES string of the molecule is C=CCn1c(SCc2ccc(Cl)c(Cl)c2)nnc1-c1cccn(Cc2ccc(Cl)cc2Cl)c1=O. The van der Waals surface area contributed by atoms with Gasteiger partial charge < -0.3 is 4.57 Å². The van der Waals surface area contributed by atoms with E-state index in [4.69, 9.17) is 46.4 Å². The first-order valence-electron chi connectivity index (χ1n) is 10.1. The van der Waals surface area contributed by atoms with Crippen LogP contribution in [0, 0.1) is 0 Å². The summed E-state index contributed by atoms with van der Waals surface area (Å²) >= 11 is 25.9. The molecular weight excluding hydrogens is 534 g/mol. The van der Waals surface area contributed by atoms with Crippen LogP contribution < -0.4 is 5.56 Å². The lowest BCUT2D eigenvalue weighted by atomic mass is 10.2. The van der Waals surface area contributed by atoms with Crippen molar-refractivity contribution in [2.75, 3.05) is 0 Å². The molecule has 0 aliphatic carbocycles. The number of rotatable bonds is 8. The summed E-state index contributed by atoms with van der Waals surface area (Å²) in [5.74, 6) is 1.08. The molecule has 0 atom stereocenters. The Morgan fingerprint density at radius 1 is 0.971 bits per heavy atom. The smallest absolute Gasteiger partial charge is 0.261 e. The number of nitrogens with zero attached hydrogens (tertiary/aromatic N) is 4. The van der Waals surface area contributed by atoms with Gasteiger partial charge in [-0.25, -0.2) is 0 Å². The summed E-state index contributed by atoms with van der Waals surface area (Å²) in [6.07, 6.45) is 3.45. The molecule has 0 aliphatic heterocycles. The maximum absolute atomic E-state index is 13.3. The molecule has 174 valence electrons. The Bertz CT molecular complexity index is 1420. The highest BCUT2D eigenvalue weighted by Crippen LogP contribution is 2.29. The van der Waals surface area contributed by atoms with E-state index >= 15 is 0 Å². The van der Waals surface area contributed by atoms with Gasteiger partial charge in [-0.2, -0.15) is 0 Å². The third-order valence-electron chi connectivity index (χ3n) is 5.00. The number of halogens is 4. The van der Waals surface area contributed by atoms with Crippen molar-refractivity contribution >= 4 is 58.2 Å². The minimum Gasteiger partial charge on any atom is -0.310 e. The summed E-state index contributed by atoms with van der Waals surface area (Å²) in [6.45, 7) is 4.59. The highest BCUT2D eigenvalue weighted by molar-refractivity contribution is 7.98. The fourth-order valence-electron chi connectivity index (χ4n) is 3.33. The van der Waals surface area contributed by atoms with Gasteiger partial charge >= 0.3 is 0 Å². The lowest BCUT2D eigenvalue weighted by Crippen LogP contribution is -2.22. The summed E-state index contributed by atoms with van der Waals surface area (Å²) in [7, 11) is 0.